The lowest BCUT2D eigenvalue weighted by Crippen LogP contribution is -2.44. The first kappa shape index (κ1) is 17.2. The lowest BCUT2D eigenvalue weighted by molar-refractivity contribution is -0.0969. The molecule has 2 aromatic heterocycles. The van der Waals surface area contributed by atoms with Crippen LogP contribution in [0.2, 0.25) is 0 Å². The molecule has 0 aliphatic carbocycles. The van der Waals surface area contributed by atoms with Crippen molar-refractivity contribution in [1.29, 1.82) is 0 Å². The monoisotopic (exact) mass is 356 g/mol. The van der Waals surface area contributed by atoms with Crippen molar-refractivity contribution >= 4 is 5.91 Å². The van der Waals surface area contributed by atoms with E-state index in [0.717, 1.165) is 30.9 Å². The molecule has 2 fully saturated rings. The Labute approximate surface area is 152 Å². The number of amides is 1. The number of hydrogen-bond donors (Lipinski definition) is 0. The Balaban J connectivity index is 1.55. The zero-order valence-electron chi connectivity index (χ0n) is 15.0. The number of nitrogens with zero attached hydrogens (tertiary/aromatic N) is 4. The van der Waals surface area contributed by atoms with Gasteiger partial charge in [-0.3, -0.25) is 4.79 Å². The first-order valence-corrected chi connectivity index (χ1v) is 9.28. The fraction of sp³-hybridized carbons (Fsp3) is 0.526. The Bertz CT molecular complexity index is 755. The van der Waals surface area contributed by atoms with E-state index in [-0.39, 0.29) is 18.1 Å². The molecule has 0 spiro atoms. The minimum atomic E-state index is -0.174. The Morgan fingerprint density at radius 2 is 2.15 bits per heavy atom. The van der Waals surface area contributed by atoms with E-state index in [1.165, 1.54) is 0 Å². The SMILES string of the molecule is CCc1c(C(=O)N2CCCC(C3OCCO3)C2)cnn1-c1ccccn1. The lowest BCUT2D eigenvalue weighted by Gasteiger charge is -2.34. The Hall–Kier alpha value is -2.25. The smallest absolute Gasteiger partial charge is 0.257 e. The van der Waals surface area contributed by atoms with Gasteiger partial charge in [0.15, 0.2) is 12.1 Å². The molecule has 1 atom stereocenters. The lowest BCUT2D eigenvalue weighted by atomic mass is 9.96. The van der Waals surface area contributed by atoms with Gasteiger partial charge in [-0.1, -0.05) is 13.0 Å². The number of hydrogen-bond acceptors (Lipinski definition) is 5. The Kier molecular flexibility index (Phi) is 4.99. The van der Waals surface area contributed by atoms with Crippen LogP contribution in [0.1, 0.15) is 35.8 Å². The highest BCUT2D eigenvalue weighted by molar-refractivity contribution is 5.95. The number of ether oxygens (including phenoxy) is 2. The van der Waals surface area contributed by atoms with Crippen molar-refractivity contribution in [3.8, 4) is 5.82 Å². The molecule has 0 bridgehead atoms. The van der Waals surface area contributed by atoms with Crippen LogP contribution >= 0.6 is 0 Å². The predicted octanol–water partition coefficient (Wildman–Crippen LogP) is 2.05. The maximum absolute atomic E-state index is 13.2. The number of carbonyl (C=O) groups is 1. The predicted molar refractivity (Wildman–Crippen MR) is 95.1 cm³/mol. The van der Waals surface area contributed by atoms with E-state index in [9.17, 15) is 4.79 Å². The van der Waals surface area contributed by atoms with Crippen molar-refractivity contribution in [2.45, 2.75) is 32.5 Å². The molecule has 0 saturated carbocycles. The summed E-state index contributed by atoms with van der Waals surface area (Å²) >= 11 is 0. The zero-order valence-corrected chi connectivity index (χ0v) is 15.0. The second kappa shape index (κ2) is 7.55. The molecule has 138 valence electrons. The van der Waals surface area contributed by atoms with E-state index < -0.39 is 0 Å². The van der Waals surface area contributed by atoms with Crippen LogP contribution in [0.4, 0.5) is 0 Å². The number of aromatic nitrogens is 3. The molecule has 0 radical (unpaired) electrons. The molecule has 7 heteroatoms. The summed E-state index contributed by atoms with van der Waals surface area (Å²) in [5, 5.41) is 4.43. The van der Waals surface area contributed by atoms with Crippen LogP contribution in [0.3, 0.4) is 0 Å². The third kappa shape index (κ3) is 3.24. The maximum atomic E-state index is 13.2. The van der Waals surface area contributed by atoms with E-state index in [2.05, 4.69) is 10.1 Å². The summed E-state index contributed by atoms with van der Waals surface area (Å²) in [5.74, 6) is 1.01. The topological polar surface area (TPSA) is 69.5 Å². The number of piperidine rings is 1. The molecule has 4 rings (SSSR count). The van der Waals surface area contributed by atoms with Crippen molar-refractivity contribution in [3.63, 3.8) is 0 Å². The quantitative estimate of drug-likeness (QED) is 0.839. The Morgan fingerprint density at radius 1 is 1.31 bits per heavy atom. The molecule has 0 aromatic carbocycles. The van der Waals surface area contributed by atoms with Crippen LogP contribution < -0.4 is 0 Å². The van der Waals surface area contributed by atoms with Gasteiger partial charge in [-0.15, -0.1) is 0 Å². The molecule has 2 aliphatic rings. The zero-order chi connectivity index (χ0) is 17.9. The fourth-order valence-electron chi connectivity index (χ4n) is 3.80. The molecular weight excluding hydrogens is 332 g/mol. The van der Waals surface area contributed by atoms with Crippen molar-refractivity contribution in [2.24, 2.45) is 5.92 Å². The van der Waals surface area contributed by atoms with E-state index in [1.54, 1.807) is 17.1 Å². The summed E-state index contributed by atoms with van der Waals surface area (Å²) in [6.07, 6.45) is 5.94. The first-order chi connectivity index (χ1) is 12.8. The number of rotatable bonds is 4. The average Bonchev–Trinajstić information content (AvgIpc) is 3.38. The first-order valence-electron chi connectivity index (χ1n) is 9.28. The molecule has 4 heterocycles. The average molecular weight is 356 g/mol. The van der Waals surface area contributed by atoms with Crippen LogP contribution in [-0.4, -0.2) is 58.2 Å². The Morgan fingerprint density at radius 3 is 2.88 bits per heavy atom. The van der Waals surface area contributed by atoms with Crippen molar-refractivity contribution < 1.29 is 14.3 Å². The van der Waals surface area contributed by atoms with Crippen LogP contribution in [0.5, 0.6) is 0 Å². The fourth-order valence-corrected chi connectivity index (χ4v) is 3.80. The summed E-state index contributed by atoms with van der Waals surface area (Å²) in [6, 6.07) is 5.68. The maximum Gasteiger partial charge on any atom is 0.257 e. The van der Waals surface area contributed by atoms with Gasteiger partial charge in [-0.25, -0.2) is 9.67 Å². The van der Waals surface area contributed by atoms with Gasteiger partial charge in [0, 0.05) is 25.2 Å². The molecule has 1 unspecified atom stereocenters. The molecule has 7 nitrogen and oxygen atoms in total. The van der Waals surface area contributed by atoms with Gasteiger partial charge in [0.25, 0.3) is 5.91 Å². The van der Waals surface area contributed by atoms with E-state index >= 15 is 0 Å². The molecule has 1 amide bonds. The van der Waals surface area contributed by atoms with Crippen molar-refractivity contribution in [3.05, 3.63) is 41.9 Å². The number of pyridine rings is 1. The molecule has 0 N–H and O–H groups in total. The minimum Gasteiger partial charge on any atom is -0.350 e. The van der Waals surface area contributed by atoms with E-state index in [4.69, 9.17) is 9.47 Å². The second-order valence-corrected chi connectivity index (χ2v) is 6.72. The standard InChI is InChI=1S/C19H24N4O3/c1-2-16-15(12-21-23(16)17-7-3-4-8-20-17)18(24)22-9-5-6-14(13-22)19-25-10-11-26-19/h3-4,7-8,12,14,19H,2,5-6,9-11,13H2,1H3. The van der Waals surface area contributed by atoms with Gasteiger partial charge < -0.3 is 14.4 Å². The van der Waals surface area contributed by atoms with Gasteiger partial charge in [0.05, 0.1) is 30.7 Å². The largest absolute Gasteiger partial charge is 0.350 e. The van der Waals surface area contributed by atoms with Crippen molar-refractivity contribution in [2.75, 3.05) is 26.3 Å². The summed E-state index contributed by atoms with van der Waals surface area (Å²) < 4.78 is 13.1. The minimum absolute atomic E-state index is 0.0340. The number of likely N-dealkylation sites (tertiary alicyclic amines) is 1. The summed E-state index contributed by atoms with van der Waals surface area (Å²) in [5.41, 5.74) is 1.55. The van der Waals surface area contributed by atoms with Gasteiger partial charge >= 0.3 is 0 Å². The third-order valence-corrected chi connectivity index (χ3v) is 5.08. The molecular formula is C19H24N4O3. The highest BCUT2D eigenvalue weighted by atomic mass is 16.7. The highest BCUT2D eigenvalue weighted by Crippen LogP contribution is 2.26. The summed E-state index contributed by atoms with van der Waals surface area (Å²) in [7, 11) is 0. The van der Waals surface area contributed by atoms with Crippen LogP contribution in [0, 0.1) is 5.92 Å². The normalized spacial score (nSPS) is 21.3. The van der Waals surface area contributed by atoms with Crippen LogP contribution in [0.15, 0.2) is 30.6 Å². The summed E-state index contributed by atoms with van der Waals surface area (Å²) in [4.78, 5) is 19.4. The molecule has 26 heavy (non-hydrogen) atoms. The third-order valence-electron chi connectivity index (χ3n) is 5.08. The van der Waals surface area contributed by atoms with Crippen molar-refractivity contribution in [1.82, 2.24) is 19.7 Å². The van der Waals surface area contributed by atoms with E-state index in [0.29, 0.717) is 31.7 Å². The van der Waals surface area contributed by atoms with Crippen LogP contribution in [0.25, 0.3) is 5.82 Å². The number of carbonyl (C=O) groups excluding carboxylic acids is 1. The van der Waals surface area contributed by atoms with Gasteiger partial charge in [-0.2, -0.15) is 5.10 Å². The van der Waals surface area contributed by atoms with Gasteiger partial charge in [0.2, 0.25) is 0 Å². The molecule has 2 aromatic rings. The van der Waals surface area contributed by atoms with Gasteiger partial charge in [-0.05, 0) is 31.4 Å². The molecule has 2 saturated heterocycles. The molecule has 2 aliphatic heterocycles. The van der Waals surface area contributed by atoms with Gasteiger partial charge in [0.1, 0.15) is 0 Å². The van der Waals surface area contributed by atoms with Crippen LogP contribution in [-0.2, 0) is 15.9 Å². The highest BCUT2D eigenvalue weighted by Gasteiger charge is 2.34. The van der Waals surface area contributed by atoms with E-state index in [1.807, 2.05) is 30.0 Å². The second-order valence-electron chi connectivity index (χ2n) is 6.72. The summed E-state index contributed by atoms with van der Waals surface area (Å²) in [6.45, 7) is 4.76.